The van der Waals surface area contributed by atoms with E-state index in [1.807, 2.05) is 36.1 Å². The molecule has 9 heteroatoms. The van der Waals surface area contributed by atoms with Crippen molar-refractivity contribution in [3.05, 3.63) is 24.5 Å². The molecule has 9 nitrogen and oxygen atoms in total. The third-order valence-corrected chi connectivity index (χ3v) is 5.80. The molecule has 0 radical (unpaired) electrons. The number of hydrogen-bond acceptors (Lipinski definition) is 7. The number of piperidine rings is 1. The van der Waals surface area contributed by atoms with Crippen molar-refractivity contribution in [2.45, 2.75) is 31.9 Å². The molecule has 31 heavy (non-hydrogen) atoms. The zero-order valence-corrected chi connectivity index (χ0v) is 18.4. The van der Waals surface area contributed by atoms with Gasteiger partial charge in [0.25, 0.3) is 0 Å². The number of aromatic amines is 1. The van der Waals surface area contributed by atoms with Crippen LogP contribution in [-0.4, -0.2) is 77.6 Å². The normalized spacial score (nSPS) is 16.2. The number of anilines is 1. The van der Waals surface area contributed by atoms with Crippen LogP contribution in [0, 0.1) is 0 Å². The number of methoxy groups -OCH3 is 2. The molecule has 3 aromatic rings. The van der Waals surface area contributed by atoms with Crippen LogP contribution >= 0.6 is 0 Å². The van der Waals surface area contributed by atoms with Gasteiger partial charge < -0.3 is 29.2 Å². The lowest BCUT2D eigenvalue weighted by Gasteiger charge is -2.35. The molecule has 168 valence electrons. The van der Waals surface area contributed by atoms with Crippen molar-refractivity contribution in [1.82, 2.24) is 19.7 Å². The second kappa shape index (κ2) is 9.25. The number of aliphatic hydroxyl groups is 1. The molecule has 0 aliphatic carbocycles. The van der Waals surface area contributed by atoms with Gasteiger partial charge >= 0.3 is 0 Å². The average Bonchev–Trinajstić information content (AvgIpc) is 3.40. The standard InChI is InChI=1S/C22H31N5O4/c1-22(28)6-8-26(9-7-22)21-24-19-17(4-5-18(30-3)20(19)25-21)16-14-23-27(15-16)10-11-31-13-12-29-2/h4-5,14-15,28H,6-13H2,1-3H3,(H,24,25). The van der Waals surface area contributed by atoms with Crippen LogP contribution in [0.1, 0.15) is 19.8 Å². The van der Waals surface area contributed by atoms with Gasteiger partial charge in [0, 0.05) is 37.5 Å². The third-order valence-electron chi connectivity index (χ3n) is 5.80. The first-order valence-electron chi connectivity index (χ1n) is 10.6. The molecular formula is C22H31N5O4. The van der Waals surface area contributed by atoms with E-state index in [0.29, 0.717) is 39.2 Å². The average molecular weight is 430 g/mol. The Morgan fingerprint density at radius 3 is 2.71 bits per heavy atom. The van der Waals surface area contributed by atoms with E-state index < -0.39 is 5.60 Å². The maximum atomic E-state index is 10.3. The van der Waals surface area contributed by atoms with E-state index in [0.717, 1.165) is 46.9 Å². The van der Waals surface area contributed by atoms with E-state index >= 15 is 0 Å². The van der Waals surface area contributed by atoms with Crippen molar-refractivity contribution in [3.8, 4) is 16.9 Å². The van der Waals surface area contributed by atoms with Crippen LogP contribution in [0.15, 0.2) is 24.5 Å². The van der Waals surface area contributed by atoms with Crippen LogP contribution < -0.4 is 9.64 Å². The first-order chi connectivity index (χ1) is 15.0. The van der Waals surface area contributed by atoms with Gasteiger partial charge in [0.05, 0.1) is 50.8 Å². The zero-order chi connectivity index (χ0) is 21.8. The number of aromatic nitrogens is 4. The molecule has 0 unspecified atom stereocenters. The minimum absolute atomic E-state index is 0.576. The Balaban J connectivity index is 1.57. The van der Waals surface area contributed by atoms with E-state index in [1.54, 1.807) is 14.2 Å². The van der Waals surface area contributed by atoms with Crippen LogP contribution in [0.4, 0.5) is 5.95 Å². The number of nitrogens with zero attached hydrogens (tertiary/aromatic N) is 4. The fourth-order valence-electron chi connectivity index (χ4n) is 3.84. The van der Waals surface area contributed by atoms with Gasteiger partial charge in [-0.2, -0.15) is 5.10 Å². The molecular weight excluding hydrogens is 398 g/mol. The van der Waals surface area contributed by atoms with Crippen LogP contribution in [0.25, 0.3) is 22.2 Å². The largest absolute Gasteiger partial charge is 0.494 e. The Bertz CT molecular complexity index is 1000. The molecule has 2 N–H and O–H groups in total. The first kappa shape index (κ1) is 21.6. The molecule has 0 saturated carbocycles. The summed E-state index contributed by atoms with van der Waals surface area (Å²) in [5.74, 6) is 1.53. The molecule has 4 rings (SSSR count). The zero-order valence-electron chi connectivity index (χ0n) is 18.4. The number of H-pyrrole nitrogens is 1. The quantitative estimate of drug-likeness (QED) is 0.504. The highest BCUT2D eigenvalue weighted by atomic mass is 16.5. The van der Waals surface area contributed by atoms with Crippen LogP contribution in [0.3, 0.4) is 0 Å². The lowest BCUT2D eigenvalue weighted by Crippen LogP contribution is -2.42. The number of rotatable bonds is 9. The highest BCUT2D eigenvalue weighted by Gasteiger charge is 2.29. The lowest BCUT2D eigenvalue weighted by molar-refractivity contribution is 0.0349. The summed E-state index contributed by atoms with van der Waals surface area (Å²) in [6.07, 6.45) is 5.30. The molecule has 0 bridgehead atoms. The number of fused-ring (bicyclic) bond motifs is 1. The number of nitrogens with one attached hydrogen (secondary N) is 1. The van der Waals surface area contributed by atoms with Gasteiger partial charge in [0.1, 0.15) is 11.3 Å². The van der Waals surface area contributed by atoms with Crippen molar-refractivity contribution < 1.29 is 19.3 Å². The fraction of sp³-hybridized carbons (Fsp3) is 0.545. The van der Waals surface area contributed by atoms with E-state index in [4.69, 9.17) is 19.2 Å². The molecule has 1 saturated heterocycles. The minimum Gasteiger partial charge on any atom is -0.494 e. The monoisotopic (exact) mass is 429 g/mol. The summed E-state index contributed by atoms with van der Waals surface area (Å²) >= 11 is 0. The van der Waals surface area contributed by atoms with Crippen LogP contribution in [0.2, 0.25) is 0 Å². The second-order valence-corrected chi connectivity index (χ2v) is 8.18. The van der Waals surface area contributed by atoms with Crippen molar-refractivity contribution >= 4 is 17.0 Å². The molecule has 2 aromatic heterocycles. The molecule has 1 fully saturated rings. The van der Waals surface area contributed by atoms with Crippen molar-refractivity contribution in [1.29, 1.82) is 0 Å². The summed E-state index contributed by atoms with van der Waals surface area (Å²) in [4.78, 5) is 10.5. The molecule has 1 aromatic carbocycles. The van der Waals surface area contributed by atoms with Crippen LogP contribution in [-0.2, 0) is 16.0 Å². The minimum atomic E-state index is -0.604. The van der Waals surface area contributed by atoms with E-state index in [-0.39, 0.29) is 0 Å². The molecule has 3 heterocycles. The summed E-state index contributed by atoms with van der Waals surface area (Å²) in [5.41, 5.74) is 3.13. The second-order valence-electron chi connectivity index (χ2n) is 8.18. The van der Waals surface area contributed by atoms with Gasteiger partial charge in [0.15, 0.2) is 0 Å². The smallest absolute Gasteiger partial charge is 0.203 e. The van der Waals surface area contributed by atoms with Gasteiger partial charge in [-0.3, -0.25) is 4.68 Å². The van der Waals surface area contributed by atoms with E-state index in [2.05, 4.69) is 15.0 Å². The molecule has 0 amide bonds. The lowest BCUT2D eigenvalue weighted by atomic mass is 9.94. The van der Waals surface area contributed by atoms with Gasteiger partial charge in [-0.05, 0) is 31.9 Å². The molecule has 0 atom stereocenters. The SMILES string of the molecule is COCCOCCn1cc(-c2ccc(OC)c3nc(N4CCC(C)(O)CC4)[nH]c23)cn1. The highest BCUT2D eigenvalue weighted by molar-refractivity contribution is 5.96. The van der Waals surface area contributed by atoms with Gasteiger partial charge in [-0.25, -0.2) is 4.98 Å². The predicted octanol–water partition coefficient (Wildman–Crippen LogP) is 2.45. The summed E-state index contributed by atoms with van der Waals surface area (Å²) in [7, 11) is 3.32. The Kier molecular flexibility index (Phi) is 6.45. The maximum Gasteiger partial charge on any atom is 0.203 e. The number of ether oxygens (including phenoxy) is 3. The summed E-state index contributed by atoms with van der Waals surface area (Å²) in [6.45, 7) is 5.82. The Morgan fingerprint density at radius 1 is 1.16 bits per heavy atom. The van der Waals surface area contributed by atoms with Gasteiger partial charge in [-0.15, -0.1) is 0 Å². The Hall–Kier alpha value is -2.62. The number of hydrogen-bond donors (Lipinski definition) is 2. The topological polar surface area (TPSA) is 97.7 Å². The number of benzene rings is 1. The van der Waals surface area contributed by atoms with Crippen molar-refractivity contribution in [2.24, 2.45) is 0 Å². The molecule has 1 aliphatic rings. The third kappa shape index (κ3) is 4.84. The first-order valence-corrected chi connectivity index (χ1v) is 10.6. The van der Waals surface area contributed by atoms with E-state index in [9.17, 15) is 5.11 Å². The fourth-order valence-corrected chi connectivity index (χ4v) is 3.84. The summed E-state index contributed by atoms with van der Waals surface area (Å²) in [6, 6.07) is 3.97. The van der Waals surface area contributed by atoms with Crippen LogP contribution in [0.5, 0.6) is 5.75 Å². The molecule has 1 aliphatic heterocycles. The number of imidazole rings is 1. The highest BCUT2D eigenvalue weighted by Crippen LogP contribution is 2.35. The van der Waals surface area contributed by atoms with Gasteiger partial charge in [0.2, 0.25) is 5.95 Å². The Morgan fingerprint density at radius 2 is 1.97 bits per heavy atom. The van der Waals surface area contributed by atoms with Crippen molar-refractivity contribution in [3.63, 3.8) is 0 Å². The van der Waals surface area contributed by atoms with Crippen molar-refractivity contribution in [2.75, 3.05) is 52.0 Å². The predicted molar refractivity (Wildman–Crippen MR) is 119 cm³/mol. The van der Waals surface area contributed by atoms with E-state index in [1.165, 1.54) is 0 Å². The molecule has 0 spiro atoms. The maximum absolute atomic E-state index is 10.3. The van der Waals surface area contributed by atoms with Gasteiger partial charge in [-0.1, -0.05) is 0 Å². The summed E-state index contributed by atoms with van der Waals surface area (Å²) in [5, 5.41) is 14.7. The Labute approximate surface area is 181 Å². The summed E-state index contributed by atoms with van der Waals surface area (Å²) < 4.78 is 18.0.